The molecule has 0 bridgehead atoms. The van der Waals surface area contributed by atoms with Crippen molar-refractivity contribution in [1.29, 1.82) is 0 Å². The Morgan fingerprint density at radius 3 is 2.79 bits per heavy atom. The van der Waals surface area contributed by atoms with Crippen LogP contribution >= 0.6 is 0 Å². The number of likely N-dealkylation sites (tertiary alicyclic amines) is 1. The van der Waals surface area contributed by atoms with E-state index < -0.39 is 24.1 Å². The number of hydrogen-bond donors (Lipinski definition) is 2. The molecule has 33 heavy (non-hydrogen) atoms. The maximum atomic E-state index is 13.6. The Balaban J connectivity index is 1.44. The Morgan fingerprint density at radius 1 is 1.27 bits per heavy atom. The van der Waals surface area contributed by atoms with Gasteiger partial charge in [0.2, 0.25) is 0 Å². The summed E-state index contributed by atoms with van der Waals surface area (Å²) in [5, 5.41) is 20.4. The molecule has 3 atom stereocenters. The average Bonchev–Trinajstić information content (AvgIpc) is 3.37. The number of aromatic nitrogens is 4. The fourth-order valence-electron chi connectivity index (χ4n) is 3.78. The molecule has 1 saturated heterocycles. The SMILES string of the molecule is C[C@H](Cc1nncn1C)c1cccc(NC(=O)c2cc(C(=O)N3CC(O)C(F)C3)ccn2)c1. The van der Waals surface area contributed by atoms with Gasteiger partial charge in [-0.25, -0.2) is 4.39 Å². The van der Waals surface area contributed by atoms with Gasteiger partial charge >= 0.3 is 0 Å². The van der Waals surface area contributed by atoms with Gasteiger partial charge in [0.15, 0.2) is 0 Å². The molecule has 0 aliphatic carbocycles. The fourth-order valence-corrected chi connectivity index (χ4v) is 3.78. The van der Waals surface area contributed by atoms with E-state index >= 15 is 0 Å². The number of amides is 2. The molecule has 9 nitrogen and oxygen atoms in total. The molecule has 1 fully saturated rings. The molecule has 0 saturated carbocycles. The number of β-amino-alcohol motifs (C(OH)–C–C–N with tert-alkyl or cyclic N) is 1. The van der Waals surface area contributed by atoms with Crippen molar-refractivity contribution in [2.75, 3.05) is 18.4 Å². The van der Waals surface area contributed by atoms with Crippen molar-refractivity contribution in [3.8, 4) is 0 Å². The first-order valence-electron chi connectivity index (χ1n) is 10.6. The number of anilines is 1. The van der Waals surface area contributed by atoms with Gasteiger partial charge in [0.05, 0.1) is 6.54 Å². The monoisotopic (exact) mass is 452 g/mol. The van der Waals surface area contributed by atoms with Crippen LogP contribution in [0.25, 0.3) is 0 Å². The third kappa shape index (κ3) is 5.06. The summed E-state index contributed by atoms with van der Waals surface area (Å²) in [4.78, 5) is 30.7. The Morgan fingerprint density at radius 2 is 2.09 bits per heavy atom. The Hall–Kier alpha value is -3.66. The average molecular weight is 452 g/mol. The number of benzene rings is 1. The molecule has 0 spiro atoms. The lowest BCUT2D eigenvalue weighted by Gasteiger charge is -2.15. The fraction of sp³-hybridized carbons (Fsp3) is 0.348. The van der Waals surface area contributed by atoms with Gasteiger partial charge in [0, 0.05) is 37.5 Å². The number of nitrogens with one attached hydrogen (secondary N) is 1. The molecule has 2 unspecified atom stereocenters. The molecular formula is C23H25FN6O3. The molecule has 4 rings (SSSR count). The van der Waals surface area contributed by atoms with Gasteiger partial charge < -0.3 is 19.9 Å². The predicted octanol–water partition coefficient (Wildman–Crippen LogP) is 1.96. The van der Waals surface area contributed by atoms with Crippen LogP contribution in [0.1, 0.15) is 45.1 Å². The van der Waals surface area contributed by atoms with Crippen molar-refractivity contribution >= 4 is 17.5 Å². The van der Waals surface area contributed by atoms with Crippen molar-refractivity contribution in [2.24, 2.45) is 7.05 Å². The van der Waals surface area contributed by atoms with Crippen LogP contribution in [0.5, 0.6) is 0 Å². The van der Waals surface area contributed by atoms with Crippen LogP contribution in [0, 0.1) is 0 Å². The topological polar surface area (TPSA) is 113 Å². The second-order valence-electron chi connectivity index (χ2n) is 8.27. The minimum Gasteiger partial charge on any atom is -0.388 e. The summed E-state index contributed by atoms with van der Waals surface area (Å²) in [5.74, 6) is 0.101. The van der Waals surface area contributed by atoms with Crippen molar-refractivity contribution in [3.63, 3.8) is 0 Å². The summed E-state index contributed by atoms with van der Waals surface area (Å²) in [7, 11) is 1.90. The lowest BCUT2D eigenvalue weighted by Crippen LogP contribution is -2.30. The van der Waals surface area contributed by atoms with E-state index in [0.29, 0.717) is 12.1 Å². The summed E-state index contributed by atoms with van der Waals surface area (Å²) in [5.41, 5.74) is 1.90. The molecule has 3 aromatic rings. The molecule has 1 aromatic carbocycles. The standard InChI is InChI=1S/C23H25FN6O3/c1-14(8-21-28-26-13-29(21)2)15-4-3-5-17(9-15)27-22(32)19-10-16(6-7-25-19)23(33)30-11-18(24)20(31)12-30/h3-7,9-10,13-14,18,20,31H,8,11-12H2,1-2H3,(H,27,32)/t14-,18?,20?/m1/s1. The van der Waals surface area contributed by atoms with Gasteiger partial charge in [0.25, 0.3) is 11.8 Å². The third-order valence-electron chi connectivity index (χ3n) is 5.75. The Labute approximate surface area is 190 Å². The first kappa shape index (κ1) is 22.5. The van der Waals surface area contributed by atoms with Crippen molar-refractivity contribution in [3.05, 3.63) is 71.6 Å². The van der Waals surface area contributed by atoms with Crippen LogP contribution in [0.3, 0.4) is 0 Å². The number of rotatable bonds is 6. The van der Waals surface area contributed by atoms with Gasteiger partial charge in [-0.3, -0.25) is 14.6 Å². The van der Waals surface area contributed by atoms with Crippen LogP contribution in [0.2, 0.25) is 0 Å². The highest BCUT2D eigenvalue weighted by molar-refractivity contribution is 6.04. The van der Waals surface area contributed by atoms with E-state index in [1.807, 2.05) is 29.8 Å². The molecular weight excluding hydrogens is 427 g/mol. The van der Waals surface area contributed by atoms with Crippen molar-refractivity contribution in [1.82, 2.24) is 24.6 Å². The zero-order valence-corrected chi connectivity index (χ0v) is 18.3. The molecule has 172 valence electrons. The Bertz CT molecular complexity index is 1160. The molecule has 0 radical (unpaired) electrons. The van der Waals surface area contributed by atoms with Crippen LogP contribution < -0.4 is 5.32 Å². The molecule has 3 heterocycles. The van der Waals surface area contributed by atoms with Crippen molar-refractivity contribution < 1.29 is 19.1 Å². The van der Waals surface area contributed by atoms with E-state index in [2.05, 4.69) is 27.4 Å². The van der Waals surface area contributed by atoms with E-state index in [0.717, 1.165) is 11.4 Å². The highest BCUT2D eigenvalue weighted by Crippen LogP contribution is 2.23. The quantitative estimate of drug-likeness (QED) is 0.591. The largest absolute Gasteiger partial charge is 0.388 e. The molecule has 1 aliphatic rings. The minimum atomic E-state index is -1.47. The zero-order chi connectivity index (χ0) is 23.5. The third-order valence-corrected chi connectivity index (χ3v) is 5.75. The van der Waals surface area contributed by atoms with Crippen LogP contribution in [0.4, 0.5) is 10.1 Å². The lowest BCUT2D eigenvalue weighted by atomic mass is 9.97. The number of aliphatic hydroxyl groups is 1. The first-order valence-corrected chi connectivity index (χ1v) is 10.6. The predicted molar refractivity (Wildman–Crippen MR) is 119 cm³/mol. The molecule has 1 aliphatic heterocycles. The Kier molecular flexibility index (Phi) is 6.45. The van der Waals surface area contributed by atoms with E-state index in [9.17, 15) is 19.1 Å². The number of aryl methyl sites for hydroxylation is 1. The molecule has 2 amide bonds. The van der Waals surface area contributed by atoms with Crippen LogP contribution in [-0.2, 0) is 13.5 Å². The number of halogens is 1. The first-order chi connectivity index (χ1) is 15.8. The number of nitrogens with zero attached hydrogens (tertiary/aromatic N) is 5. The van der Waals surface area contributed by atoms with Gasteiger partial charge in [-0.15, -0.1) is 10.2 Å². The highest BCUT2D eigenvalue weighted by Gasteiger charge is 2.34. The van der Waals surface area contributed by atoms with E-state index in [-0.39, 0.29) is 30.3 Å². The van der Waals surface area contributed by atoms with E-state index in [1.165, 1.54) is 23.2 Å². The summed E-state index contributed by atoms with van der Waals surface area (Å²) < 4.78 is 15.5. The van der Waals surface area contributed by atoms with Gasteiger partial charge in [-0.05, 0) is 35.7 Å². The molecule has 10 heteroatoms. The van der Waals surface area contributed by atoms with Crippen LogP contribution in [0.15, 0.2) is 48.9 Å². The highest BCUT2D eigenvalue weighted by atomic mass is 19.1. The zero-order valence-electron chi connectivity index (χ0n) is 18.3. The lowest BCUT2D eigenvalue weighted by molar-refractivity contribution is 0.0764. The number of aliphatic hydroxyl groups excluding tert-OH is 1. The summed E-state index contributed by atoms with van der Waals surface area (Å²) in [6, 6.07) is 10.3. The smallest absolute Gasteiger partial charge is 0.274 e. The van der Waals surface area contributed by atoms with Crippen LogP contribution in [-0.4, -0.2) is 66.9 Å². The number of carbonyl (C=O) groups is 2. The van der Waals surface area contributed by atoms with E-state index in [4.69, 9.17) is 0 Å². The normalized spacial score (nSPS) is 18.8. The number of carbonyl (C=O) groups excluding carboxylic acids is 2. The molecule has 2 N–H and O–H groups in total. The van der Waals surface area contributed by atoms with E-state index in [1.54, 1.807) is 12.4 Å². The van der Waals surface area contributed by atoms with Crippen molar-refractivity contribution in [2.45, 2.75) is 31.5 Å². The van der Waals surface area contributed by atoms with Gasteiger partial charge in [0.1, 0.15) is 30.1 Å². The minimum absolute atomic E-state index is 0.0648. The number of hydrogen-bond acceptors (Lipinski definition) is 6. The second-order valence-corrected chi connectivity index (χ2v) is 8.27. The summed E-state index contributed by atoms with van der Waals surface area (Å²) in [6.07, 6.45) is 1.06. The van der Waals surface area contributed by atoms with Gasteiger partial charge in [-0.1, -0.05) is 19.1 Å². The second kappa shape index (κ2) is 9.45. The maximum absolute atomic E-state index is 13.6. The number of alkyl halides is 1. The summed E-state index contributed by atoms with van der Waals surface area (Å²) >= 11 is 0. The number of pyridine rings is 1. The molecule has 2 aromatic heterocycles. The maximum Gasteiger partial charge on any atom is 0.274 e. The van der Waals surface area contributed by atoms with Gasteiger partial charge in [-0.2, -0.15) is 0 Å². The summed E-state index contributed by atoms with van der Waals surface area (Å²) in [6.45, 7) is 1.82.